The van der Waals surface area contributed by atoms with Gasteiger partial charge in [-0.3, -0.25) is 14.8 Å². The second-order valence-corrected chi connectivity index (χ2v) is 8.18. The lowest BCUT2D eigenvalue weighted by molar-refractivity contribution is -0.142. The lowest BCUT2D eigenvalue weighted by atomic mass is 10.0. The first kappa shape index (κ1) is 24.0. The van der Waals surface area contributed by atoms with E-state index in [0.717, 1.165) is 5.57 Å². The summed E-state index contributed by atoms with van der Waals surface area (Å²) in [5.41, 5.74) is 1.54. The Hall–Kier alpha value is -3.66. The minimum absolute atomic E-state index is 0.00380. The minimum Gasteiger partial charge on any atom is -0.378 e. The van der Waals surface area contributed by atoms with Gasteiger partial charge in [0.2, 0.25) is 5.91 Å². The number of amides is 1. The zero-order valence-corrected chi connectivity index (χ0v) is 19.1. The lowest BCUT2D eigenvalue weighted by Crippen LogP contribution is -2.42. The van der Waals surface area contributed by atoms with Crippen LogP contribution in [0.15, 0.2) is 40.8 Å². The molecule has 0 atom stereocenters. The number of hydrogen-bond donors (Lipinski definition) is 3. The van der Waals surface area contributed by atoms with Crippen LogP contribution in [0, 0.1) is 23.2 Å². The average molecular weight is 449 g/mol. The Morgan fingerprint density at radius 3 is 3.00 bits per heavy atom. The molecule has 0 spiro atoms. The average Bonchev–Trinajstić information content (AvgIpc) is 2.79. The molecule has 33 heavy (non-hydrogen) atoms. The number of nitrogens with one attached hydrogen (secondary N) is 2. The van der Waals surface area contributed by atoms with Gasteiger partial charge in [0.1, 0.15) is 23.9 Å². The highest BCUT2D eigenvalue weighted by molar-refractivity contribution is 5.91. The molecule has 1 aromatic heterocycles. The molecule has 1 fully saturated rings. The van der Waals surface area contributed by atoms with Crippen LogP contribution in [0.3, 0.4) is 0 Å². The maximum Gasteiger partial charge on any atom is 0.248 e. The highest BCUT2D eigenvalue weighted by atomic mass is 16.5. The summed E-state index contributed by atoms with van der Waals surface area (Å²) in [7, 11) is 0. The molecule has 1 amide bonds. The molecule has 9 heteroatoms. The summed E-state index contributed by atoms with van der Waals surface area (Å²) in [6.07, 6.45) is 4.09. The van der Waals surface area contributed by atoms with Crippen molar-refractivity contribution < 1.29 is 14.6 Å². The van der Waals surface area contributed by atoms with Crippen molar-refractivity contribution in [1.82, 2.24) is 20.5 Å². The summed E-state index contributed by atoms with van der Waals surface area (Å²) >= 11 is 0. The molecule has 9 nitrogen and oxygen atoms in total. The summed E-state index contributed by atoms with van der Waals surface area (Å²) in [5.74, 6) is 6.21. The third-order valence-electron chi connectivity index (χ3n) is 4.91. The molecule has 2 aliphatic rings. The van der Waals surface area contributed by atoms with Gasteiger partial charge in [0.15, 0.2) is 5.96 Å². The molecule has 1 saturated heterocycles. The summed E-state index contributed by atoms with van der Waals surface area (Å²) in [5, 5.41) is 26.2. The fourth-order valence-electron chi connectivity index (χ4n) is 3.24. The first-order chi connectivity index (χ1) is 15.8. The van der Waals surface area contributed by atoms with Crippen LogP contribution in [-0.2, 0) is 9.53 Å². The van der Waals surface area contributed by atoms with Crippen LogP contribution in [0.2, 0.25) is 0 Å². The van der Waals surface area contributed by atoms with Crippen molar-refractivity contribution in [1.29, 1.82) is 5.26 Å². The van der Waals surface area contributed by atoms with E-state index in [2.05, 4.69) is 38.5 Å². The van der Waals surface area contributed by atoms with E-state index in [9.17, 15) is 15.2 Å². The monoisotopic (exact) mass is 448 g/mol. The highest BCUT2D eigenvalue weighted by Gasteiger charge is 2.20. The second kappa shape index (κ2) is 10.8. The summed E-state index contributed by atoms with van der Waals surface area (Å²) in [4.78, 5) is 22.5. The molecule has 1 aromatic rings. The van der Waals surface area contributed by atoms with E-state index in [1.165, 1.54) is 0 Å². The van der Waals surface area contributed by atoms with Gasteiger partial charge >= 0.3 is 0 Å². The van der Waals surface area contributed by atoms with Crippen molar-refractivity contribution in [3.63, 3.8) is 0 Å². The second-order valence-electron chi connectivity index (χ2n) is 8.18. The van der Waals surface area contributed by atoms with Gasteiger partial charge in [-0.05, 0) is 44.9 Å². The number of morpholine rings is 1. The van der Waals surface area contributed by atoms with Crippen LogP contribution < -0.4 is 10.6 Å². The van der Waals surface area contributed by atoms with Crippen LogP contribution in [0.1, 0.15) is 38.4 Å². The Balaban J connectivity index is 1.79. The zero-order chi connectivity index (χ0) is 23.8. The molecule has 2 aliphatic heterocycles. The molecule has 0 aromatic carbocycles. The smallest absolute Gasteiger partial charge is 0.248 e. The summed E-state index contributed by atoms with van der Waals surface area (Å²) in [6, 6.07) is 5.74. The number of aromatic nitrogens is 1. The first-order valence-corrected chi connectivity index (χ1v) is 10.7. The minimum atomic E-state index is -1.17. The molecular formula is C24H28N6O3. The molecule has 3 rings (SSSR count). The van der Waals surface area contributed by atoms with Gasteiger partial charge in [-0.15, -0.1) is 0 Å². The number of nitriles is 1. The number of aliphatic hydroxyl groups is 1. The molecular weight excluding hydrogens is 420 g/mol. The van der Waals surface area contributed by atoms with Gasteiger partial charge < -0.3 is 25.4 Å². The van der Waals surface area contributed by atoms with Crippen LogP contribution in [0.4, 0.5) is 0 Å². The largest absolute Gasteiger partial charge is 0.378 e. The Morgan fingerprint density at radius 2 is 2.27 bits per heavy atom. The van der Waals surface area contributed by atoms with Gasteiger partial charge in [-0.1, -0.05) is 11.8 Å². The lowest BCUT2D eigenvalue weighted by Gasteiger charge is -2.26. The number of guanidine groups is 1. The van der Waals surface area contributed by atoms with Gasteiger partial charge in [0, 0.05) is 32.0 Å². The molecule has 3 N–H and O–H groups in total. The van der Waals surface area contributed by atoms with Gasteiger partial charge in [-0.25, -0.2) is 0 Å². The number of pyridine rings is 1. The van der Waals surface area contributed by atoms with E-state index < -0.39 is 5.60 Å². The number of nitrogens with zero attached hydrogens (tertiary/aromatic N) is 4. The molecule has 0 saturated carbocycles. The summed E-state index contributed by atoms with van der Waals surface area (Å²) < 4.78 is 5.14. The third-order valence-corrected chi connectivity index (χ3v) is 4.91. The normalized spacial score (nSPS) is 19.0. The predicted molar refractivity (Wildman–Crippen MR) is 124 cm³/mol. The quantitative estimate of drug-likeness (QED) is 0.351. The van der Waals surface area contributed by atoms with Crippen LogP contribution in [0.25, 0.3) is 5.57 Å². The number of carbonyl (C=O) groups is 1. The van der Waals surface area contributed by atoms with E-state index in [1.54, 1.807) is 43.3 Å². The Bertz CT molecular complexity index is 1100. The number of allylic oxidation sites excluding steroid dienone is 2. The third kappa shape index (κ3) is 6.66. The Labute approximate surface area is 193 Å². The molecule has 3 heterocycles. The van der Waals surface area contributed by atoms with E-state index in [-0.39, 0.29) is 12.5 Å². The number of ether oxygens (including phenoxy) is 1. The standard InChI is InChI=1S/C24H28N6O3/c1-17-15-28-23(27-10-5-11-30-12-13-33-16-20(30)31)29-21(17)19(14-25)22-18(6-4-9-26-22)7-8-24(2,3)32/h4,6,9,15,32H,5,10-13,16H2,1-3H3,(H2,27,28,29)/b21-19+. The van der Waals surface area contributed by atoms with E-state index in [4.69, 9.17) is 4.74 Å². The van der Waals surface area contributed by atoms with Crippen LogP contribution >= 0.6 is 0 Å². The molecule has 172 valence electrons. The Morgan fingerprint density at radius 1 is 1.45 bits per heavy atom. The molecule has 0 unspecified atom stereocenters. The zero-order valence-electron chi connectivity index (χ0n) is 19.1. The van der Waals surface area contributed by atoms with Gasteiger partial charge in [-0.2, -0.15) is 5.26 Å². The highest BCUT2D eigenvalue weighted by Crippen LogP contribution is 2.23. The predicted octanol–water partition coefficient (Wildman–Crippen LogP) is 1.14. The van der Waals surface area contributed by atoms with Crippen LogP contribution in [0.5, 0.6) is 0 Å². The van der Waals surface area contributed by atoms with Crippen LogP contribution in [-0.4, -0.2) is 65.3 Å². The number of carbonyl (C=O) groups excluding carboxylic acids is 1. The van der Waals surface area contributed by atoms with Crippen molar-refractivity contribution in [2.45, 2.75) is 32.8 Å². The van der Waals surface area contributed by atoms with Crippen molar-refractivity contribution >= 4 is 17.4 Å². The number of rotatable bonds is 5. The maximum absolute atomic E-state index is 11.8. The maximum atomic E-state index is 11.8. The van der Waals surface area contributed by atoms with E-state index >= 15 is 0 Å². The first-order valence-electron chi connectivity index (χ1n) is 10.7. The number of hydrogen-bond acceptors (Lipinski definition) is 6. The number of aliphatic imine (C=N–C) groups is 1. The van der Waals surface area contributed by atoms with Gasteiger partial charge in [0.25, 0.3) is 0 Å². The van der Waals surface area contributed by atoms with E-state index in [1.807, 2.05) is 6.92 Å². The molecule has 0 aliphatic carbocycles. The van der Waals surface area contributed by atoms with E-state index in [0.29, 0.717) is 61.1 Å². The van der Waals surface area contributed by atoms with Gasteiger partial charge in [0.05, 0.1) is 23.6 Å². The van der Waals surface area contributed by atoms with Crippen molar-refractivity contribution in [3.05, 3.63) is 47.1 Å². The SMILES string of the molecule is CC1=CNC(=NCCCN2CCOCC2=O)N/C1=C(\C#N)c1ncccc1C#CC(C)(C)O. The molecule has 0 radical (unpaired) electrons. The fourth-order valence-corrected chi connectivity index (χ4v) is 3.24. The van der Waals surface area contributed by atoms with Crippen molar-refractivity contribution in [3.8, 4) is 17.9 Å². The Kier molecular flexibility index (Phi) is 7.83. The topological polar surface area (TPSA) is 123 Å². The van der Waals surface area contributed by atoms with Crippen molar-refractivity contribution in [2.24, 2.45) is 4.99 Å². The molecule has 0 bridgehead atoms. The fraction of sp³-hybridized carbons (Fsp3) is 0.417. The van der Waals surface area contributed by atoms with Crippen molar-refractivity contribution in [2.75, 3.05) is 32.8 Å². The summed E-state index contributed by atoms with van der Waals surface area (Å²) in [6.45, 7) is 7.51.